The van der Waals surface area contributed by atoms with Crippen LogP contribution >= 0.6 is 27.3 Å². The number of hydrogen-bond donors (Lipinski definition) is 0. The van der Waals surface area contributed by atoms with Crippen LogP contribution in [0.3, 0.4) is 0 Å². The van der Waals surface area contributed by atoms with Gasteiger partial charge in [0.1, 0.15) is 6.54 Å². The summed E-state index contributed by atoms with van der Waals surface area (Å²) in [7, 11) is 0. The van der Waals surface area contributed by atoms with Gasteiger partial charge < -0.3 is 14.0 Å². The van der Waals surface area contributed by atoms with Crippen LogP contribution in [-0.4, -0.2) is 35.6 Å². The number of fused-ring (bicyclic) bond motifs is 1. The molecule has 0 aliphatic carbocycles. The Bertz CT molecular complexity index is 1180. The van der Waals surface area contributed by atoms with Crippen LogP contribution in [0.4, 0.5) is 0 Å². The Balaban J connectivity index is 2.12. The van der Waals surface area contributed by atoms with Gasteiger partial charge in [-0.15, -0.1) is 0 Å². The Hall–Kier alpha value is -2.78. The summed E-state index contributed by atoms with van der Waals surface area (Å²) in [6.45, 7) is 3.87. The standard InChI is InChI=1S/C21H19BrN2O5S/c1-3-28-18(25)12-24-16-10-9-13(20(27)29-4-2)11-17(16)30-21(24)23-19(26)14-7-5-6-8-15(14)22/h5-11H,3-4,12H2,1-2H3. The molecule has 0 spiro atoms. The molecule has 0 aliphatic heterocycles. The first kappa shape index (κ1) is 21.9. The van der Waals surface area contributed by atoms with Gasteiger partial charge >= 0.3 is 11.9 Å². The Labute approximate surface area is 185 Å². The highest BCUT2D eigenvalue weighted by molar-refractivity contribution is 9.10. The first-order valence-corrected chi connectivity index (χ1v) is 10.8. The number of benzene rings is 2. The highest BCUT2D eigenvalue weighted by atomic mass is 79.9. The molecule has 0 aliphatic rings. The van der Waals surface area contributed by atoms with Gasteiger partial charge in [-0.3, -0.25) is 9.59 Å². The van der Waals surface area contributed by atoms with E-state index in [-0.39, 0.29) is 19.8 Å². The lowest BCUT2D eigenvalue weighted by atomic mass is 10.2. The molecule has 0 N–H and O–H groups in total. The SMILES string of the molecule is CCOC(=O)Cn1c(=NC(=O)c2ccccc2Br)sc2cc(C(=O)OCC)ccc21. The maximum atomic E-state index is 12.7. The summed E-state index contributed by atoms with van der Waals surface area (Å²) >= 11 is 4.56. The van der Waals surface area contributed by atoms with Crippen LogP contribution in [0.5, 0.6) is 0 Å². The van der Waals surface area contributed by atoms with Crippen LogP contribution in [0.25, 0.3) is 10.2 Å². The number of amides is 1. The number of halogens is 1. The van der Waals surface area contributed by atoms with Crippen molar-refractivity contribution < 1.29 is 23.9 Å². The van der Waals surface area contributed by atoms with Crippen molar-refractivity contribution in [1.29, 1.82) is 0 Å². The Kier molecular flexibility index (Phi) is 7.17. The number of thiazole rings is 1. The van der Waals surface area contributed by atoms with Crippen LogP contribution in [-0.2, 0) is 20.8 Å². The number of ether oxygens (including phenoxy) is 2. The van der Waals surface area contributed by atoms with Crippen LogP contribution in [0, 0.1) is 0 Å². The van der Waals surface area contributed by atoms with Crippen molar-refractivity contribution in [2.45, 2.75) is 20.4 Å². The predicted molar refractivity (Wildman–Crippen MR) is 116 cm³/mol. The van der Waals surface area contributed by atoms with Crippen molar-refractivity contribution in [2.75, 3.05) is 13.2 Å². The van der Waals surface area contributed by atoms with Gasteiger partial charge in [-0.25, -0.2) is 4.79 Å². The molecule has 0 unspecified atom stereocenters. The van der Waals surface area contributed by atoms with Crippen LogP contribution in [0.1, 0.15) is 34.6 Å². The van der Waals surface area contributed by atoms with E-state index in [0.717, 1.165) is 0 Å². The number of esters is 2. The van der Waals surface area contributed by atoms with Crippen LogP contribution in [0.2, 0.25) is 0 Å². The molecule has 0 bridgehead atoms. The highest BCUT2D eigenvalue weighted by Crippen LogP contribution is 2.21. The van der Waals surface area contributed by atoms with Gasteiger partial charge in [0.25, 0.3) is 5.91 Å². The Morgan fingerprint density at radius 1 is 1.07 bits per heavy atom. The van der Waals surface area contributed by atoms with Crippen molar-refractivity contribution in [2.24, 2.45) is 4.99 Å². The zero-order valence-electron chi connectivity index (χ0n) is 16.4. The van der Waals surface area contributed by atoms with E-state index in [2.05, 4.69) is 20.9 Å². The summed E-state index contributed by atoms with van der Waals surface area (Å²) in [5.41, 5.74) is 1.46. The molecular weight excluding hydrogens is 472 g/mol. The minimum absolute atomic E-state index is 0.103. The maximum Gasteiger partial charge on any atom is 0.338 e. The topological polar surface area (TPSA) is 87.0 Å². The number of nitrogens with zero attached hydrogens (tertiary/aromatic N) is 2. The quantitative estimate of drug-likeness (QED) is 0.488. The summed E-state index contributed by atoms with van der Waals surface area (Å²) in [6, 6.07) is 12.0. The van der Waals surface area contributed by atoms with E-state index < -0.39 is 17.8 Å². The molecule has 0 saturated carbocycles. The minimum Gasteiger partial charge on any atom is -0.465 e. The van der Waals surface area contributed by atoms with Crippen LogP contribution in [0.15, 0.2) is 51.9 Å². The second-order valence-corrected chi connectivity index (χ2v) is 7.94. The van der Waals surface area contributed by atoms with E-state index in [4.69, 9.17) is 9.47 Å². The number of aromatic nitrogens is 1. The lowest BCUT2D eigenvalue weighted by Gasteiger charge is -2.06. The fraction of sp³-hybridized carbons (Fsp3) is 0.238. The van der Waals surface area contributed by atoms with Crippen LogP contribution < -0.4 is 4.80 Å². The molecule has 1 amide bonds. The van der Waals surface area contributed by atoms with Gasteiger partial charge in [0.2, 0.25) is 0 Å². The monoisotopic (exact) mass is 490 g/mol. The fourth-order valence-electron chi connectivity index (χ4n) is 2.77. The molecule has 1 heterocycles. The van der Waals surface area contributed by atoms with Crippen molar-refractivity contribution >= 4 is 55.3 Å². The van der Waals surface area contributed by atoms with E-state index in [9.17, 15) is 14.4 Å². The minimum atomic E-state index is -0.447. The highest BCUT2D eigenvalue weighted by Gasteiger charge is 2.16. The molecular formula is C21H19BrN2O5S. The van der Waals surface area contributed by atoms with Crippen molar-refractivity contribution in [3.8, 4) is 0 Å². The molecule has 30 heavy (non-hydrogen) atoms. The van der Waals surface area contributed by atoms with Gasteiger partial charge in [0, 0.05) is 4.47 Å². The molecule has 3 aromatic rings. The predicted octanol–water partition coefficient (Wildman–Crippen LogP) is 3.95. The molecule has 156 valence electrons. The van der Waals surface area contributed by atoms with E-state index in [0.29, 0.717) is 30.6 Å². The smallest absolute Gasteiger partial charge is 0.338 e. The number of carbonyl (C=O) groups excluding carboxylic acids is 3. The van der Waals surface area contributed by atoms with E-state index in [1.807, 2.05) is 0 Å². The van der Waals surface area contributed by atoms with E-state index in [1.165, 1.54) is 11.3 Å². The normalized spacial score (nSPS) is 11.5. The summed E-state index contributed by atoms with van der Waals surface area (Å²) < 4.78 is 13.0. The van der Waals surface area contributed by atoms with Gasteiger partial charge in [-0.2, -0.15) is 4.99 Å². The third-order valence-corrected chi connectivity index (χ3v) is 5.82. The zero-order chi connectivity index (χ0) is 21.7. The number of rotatable bonds is 6. The fourth-order valence-corrected chi connectivity index (χ4v) is 4.29. The molecule has 0 fully saturated rings. The summed E-state index contributed by atoms with van der Waals surface area (Å²) in [6.07, 6.45) is 0. The molecule has 0 radical (unpaired) electrons. The molecule has 9 heteroatoms. The summed E-state index contributed by atoms with van der Waals surface area (Å²) in [5.74, 6) is -1.33. The second-order valence-electron chi connectivity index (χ2n) is 6.08. The Morgan fingerprint density at radius 2 is 1.80 bits per heavy atom. The van der Waals surface area contributed by atoms with Gasteiger partial charge in [-0.1, -0.05) is 23.5 Å². The average Bonchev–Trinajstić information content (AvgIpc) is 3.04. The molecule has 3 rings (SSSR count). The summed E-state index contributed by atoms with van der Waals surface area (Å²) in [5, 5.41) is 0. The molecule has 1 aromatic heterocycles. The van der Waals surface area contributed by atoms with E-state index >= 15 is 0 Å². The largest absolute Gasteiger partial charge is 0.465 e. The second kappa shape index (κ2) is 9.82. The van der Waals surface area contributed by atoms with Gasteiger partial charge in [0.05, 0.1) is 34.6 Å². The maximum absolute atomic E-state index is 12.7. The third kappa shape index (κ3) is 4.85. The first-order valence-electron chi connectivity index (χ1n) is 9.24. The van der Waals surface area contributed by atoms with Gasteiger partial charge in [0.15, 0.2) is 4.80 Å². The number of hydrogen-bond acceptors (Lipinski definition) is 6. The van der Waals surface area contributed by atoms with Crippen molar-refractivity contribution in [3.05, 3.63) is 62.9 Å². The van der Waals surface area contributed by atoms with Gasteiger partial charge in [-0.05, 0) is 60.1 Å². The third-order valence-electron chi connectivity index (χ3n) is 4.09. The van der Waals surface area contributed by atoms with E-state index in [1.54, 1.807) is 60.9 Å². The molecule has 7 nitrogen and oxygen atoms in total. The lowest BCUT2D eigenvalue weighted by molar-refractivity contribution is -0.143. The first-order chi connectivity index (χ1) is 14.4. The zero-order valence-corrected chi connectivity index (χ0v) is 18.8. The summed E-state index contributed by atoms with van der Waals surface area (Å²) in [4.78, 5) is 41.5. The Morgan fingerprint density at radius 3 is 2.50 bits per heavy atom. The lowest BCUT2D eigenvalue weighted by Crippen LogP contribution is -2.23. The van der Waals surface area contributed by atoms with Crippen molar-refractivity contribution in [3.63, 3.8) is 0 Å². The molecule has 0 atom stereocenters. The molecule has 2 aromatic carbocycles. The number of carbonyl (C=O) groups is 3. The molecule has 0 saturated heterocycles. The van der Waals surface area contributed by atoms with Crippen molar-refractivity contribution in [1.82, 2.24) is 4.57 Å². The average molecular weight is 491 g/mol.